The van der Waals surface area contributed by atoms with Crippen LogP contribution in [0.3, 0.4) is 0 Å². The lowest BCUT2D eigenvalue weighted by Crippen LogP contribution is -2.15. The number of nitriles is 1. The third-order valence-corrected chi connectivity index (χ3v) is 2.92. The maximum Gasteiger partial charge on any atom is 0.200 e. The van der Waals surface area contributed by atoms with Crippen molar-refractivity contribution >= 4 is 22.7 Å². The molecule has 0 saturated carbocycles. The topological polar surface area (TPSA) is 65.2 Å². The third kappa shape index (κ3) is 3.11. The second-order valence-electron chi connectivity index (χ2n) is 4.18. The number of rotatable bonds is 2. The first kappa shape index (κ1) is 14.0. The number of hydrogen-bond donors (Lipinski definition) is 0. The number of hydrogen-bond acceptors (Lipinski definition) is 4. The highest BCUT2D eigenvalue weighted by molar-refractivity contribution is 6.64. The van der Waals surface area contributed by atoms with Gasteiger partial charge in [0.2, 0.25) is 0 Å². The highest BCUT2D eigenvalue weighted by Gasteiger charge is 2.09. The van der Waals surface area contributed by atoms with Crippen molar-refractivity contribution in [1.29, 1.82) is 5.26 Å². The average molecular weight is 286 g/mol. The van der Waals surface area contributed by atoms with E-state index < -0.39 is 0 Å². The molecule has 1 heterocycles. The van der Waals surface area contributed by atoms with Gasteiger partial charge in [-0.25, -0.2) is 9.97 Å². The zero-order chi connectivity index (χ0) is 14.5. The molecule has 1 aromatic carbocycles. The van der Waals surface area contributed by atoms with Crippen LogP contribution in [0.4, 0.5) is 5.82 Å². The Balaban J connectivity index is 2.45. The molecule has 5 nitrogen and oxygen atoms in total. The van der Waals surface area contributed by atoms with Crippen molar-refractivity contribution in [3.8, 4) is 17.3 Å². The van der Waals surface area contributed by atoms with Crippen LogP contribution in [-0.2, 0) is 0 Å². The number of nitrogens with zero attached hydrogens (tertiary/aromatic N) is 5. The number of aliphatic imine (C=N–C) groups is 1. The predicted molar refractivity (Wildman–Crippen MR) is 78.8 cm³/mol. The molecule has 0 aliphatic carbocycles. The smallest absolute Gasteiger partial charge is 0.200 e. The number of benzene rings is 1. The van der Waals surface area contributed by atoms with Gasteiger partial charge in [-0.2, -0.15) is 10.3 Å². The van der Waals surface area contributed by atoms with Crippen molar-refractivity contribution in [1.82, 2.24) is 14.9 Å². The van der Waals surface area contributed by atoms with Gasteiger partial charge in [0.05, 0.1) is 11.9 Å². The van der Waals surface area contributed by atoms with Crippen LogP contribution >= 0.6 is 11.6 Å². The maximum atomic E-state index is 9.16. The Morgan fingerprint density at radius 3 is 2.60 bits per heavy atom. The summed E-state index contributed by atoms with van der Waals surface area (Å²) in [5, 5.41) is 9.40. The molecule has 2 rings (SSSR count). The molecule has 0 atom stereocenters. The van der Waals surface area contributed by atoms with Crippen LogP contribution in [-0.4, -0.2) is 34.3 Å². The standard InChI is InChI=1S/C14H12ClN5/c1-20(2)14(15)19-13-11(8-16)18-12(9-17-13)10-6-4-3-5-7-10/h3-7,9H,1-2H3. The maximum absolute atomic E-state index is 9.16. The van der Waals surface area contributed by atoms with E-state index in [1.54, 1.807) is 25.2 Å². The predicted octanol–water partition coefficient (Wildman–Crippen LogP) is 2.80. The van der Waals surface area contributed by atoms with E-state index in [2.05, 4.69) is 15.0 Å². The van der Waals surface area contributed by atoms with Gasteiger partial charge in [0.15, 0.2) is 16.8 Å². The summed E-state index contributed by atoms with van der Waals surface area (Å²) in [5.74, 6) is 0.214. The molecular weight excluding hydrogens is 274 g/mol. The van der Waals surface area contributed by atoms with Gasteiger partial charge in [-0.15, -0.1) is 0 Å². The van der Waals surface area contributed by atoms with Crippen LogP contribution < -0.4 is 0 Å². The highest BCUT2D eigenvalue weighted by atomic mass is 35.5. The SMILES string of the molecule is CN(C)C(Cl)=Nc1ncc(-c2ccccc2)nc1C#N. The Hall–Kier alpha value is -2.45. The monoisotopic (exact) mass is 285 g/mol. The highest BCUT2D eigenvalue weighted by Crippen LogP contribution is 2.21. The molecule has 0 saturated heterocycles. The van der Waals surface area contributed by atoms with E-state index in [9.17, 15) is 0 Å². The molecule has 2 aromatic rings. The first-order valence-corrected chi connectivity index (χ1v) is 6.23. The largest absolute Gasteiger partial charge is 0.353 e. The molecule has 0 radical (unpaired) electrons. The van der Waals surface area contributed by atoms with Crippen LogP contribution in [0.1, 0.15) is 5.69 Å². The van der Waals surface area contributed by atoms with Gasteiger partial charge < -0.3 is 4.90 Å². The lowest BCUT2D eigenvalue weighted by molar-refractivity contribution is 0.634. The minimum Gasteiger partial charge on any atom is -0.353 e. The Morgan fingerprint density at radius 1 is 1.30 bits per heavy atom. The zero-order valence-electron chi connectivity index (χ0n) is 11.1. The normalized spacial score (nSPS) is 11.0. The second-order valence-corrected chi connectivity index (χ2v) is 4.52. The third-order valence-electron chi connectivity index (χ3n) is 2.50. The summed E-state index contributed by atoms with van der Waals surface area (Å²) in [6, 6.07) is 11.5. The molecule has 0 spiro atoms. The van der Waals surface area contributed by atoms with E-state index >= 15 is 0 Å². The van der Waals surface area contributed by atoms with E-state index in [4.69, 9.17) is 16.9 Å². The number of amidine groups is 1. The molecule has 0 unspecified atom stereocenters. The Bertz CT molecular complexity index is 674. The van der Waals surface area contributed by atoms with Gasteiger partial charge in [-0.1, -0.05) is 30.3 Å². The van der Waals surface area contributed by atoms with E-state index in [-0.39, 0.29) is 16.8 Å². The molecule has 0 amide bonds. The molecule has 0 bridgehead atoms. The van der Waals surface area contributed by atoms with Gasteiger partial charge in [-0.3, -0.25) is 0 Å². The Morgan fingerprint density at radius 2 is 2.00 bits per heavy atom. The van der Waals surface area contributed by atoms with Crippen molar-refractivity contribution in [2.24, 2.45) is 4.99 Å². The summed E-state index contributed by atoms with van der Waals surface area (Å²) < 4.78 is 0. The average Bonchev–Trinajstić information content (AvgIpc) is 2.48. The van der Waals surface area contributed by atoms with Gasteiger partial charge in [0.1, 0.15) is 6.07 Å². The molecular formula is C14H12ClN5. The van der Waals surface area contributed by atoms with E-state index in [0.717, 1.165) is 5.56 Å². The first-order valence-electron chi connectivity index (χ1n) is 5.86. The van der Waals surface area contributed by atoms with Crippen LogP contribution in [0.5, 0.6) is 0 Å². The summed E-state index contributed by atoms with van der Waals surface area (Å²) in [5.41, 5.74) is 1.67. The van der Waals surface area contributed by atoms with E-state index in [0.29, 0.717) is 5.69 Å². The lowest BCUT2D eigenvalue weighted by atomic mass is 10.1. The van der Waals surface area contributed by atoms with Crippen molar-refractivity contribution in [3.05, 3.63) is 42.2 Å². The quantitative estimate of drug-likeness (QED) is 0.483. The van der Waals surface area contributed by atoms with Gasteiger partial charge in [0.25, 0.3) is 0 Å². The van der Waals surface area contributed by atoms with Crippen LogP contribution in [0.25, 0.3) is 11.3 Å². The second kappa shape index (κ2) is 6.13. The summed E-state index contributed by atoms with van der Waals surface area (Å²) in [6.45, 7) is 0. The molecule has 0 fully saturated rings. The van der Waals surface area contributed by atoms with Gasteiger partial charge in [0, 0.05) is 19.7 Å². The minimum atomic E-state index is 0.145. The fraction of sp³-hybridized carbons (Fsp3) is 0.143. The number of aromatic nitrogens is 2. The van der Waals surface area contributed by atoms with Crippen molar-refractivity contribution < 1.29 is 0 Å². The van der Waals surface area contributed by atoms with Crippen molar-refractivity contribution in [2.75, 3.05) is 14.1 Å². The Labute approximate surface area is 122 Å². The van der Waals surface area contributed by atoms with E-state index in [1.165, 1.54) is 0 Å². The van der Waals surface area contributed by atoms with Gasteiger partial charge >= 0.3 is 0 Å². The molecule has 1 aromatic heterocycles. The summed E-state index contributed by atoms with van der Waals surface area (Å²) >= 11 is 5.93. The first-order chi connectivity index (χ1) is 9.61. The fourth-order valence-corrected chi connectivity index (χ4v) is 1.56. The number of halogens is 1. The van der Waals surface area contributed by atoms with E-state index in [1.807, 2.05) is 36.4 Å². The molecule has 100 valence electrons. The van der Waals surface area contributed by atoms with Crippen molar-refractivity contribution in [3.63, 3.8) is 0 Å². The zero-order valence-corrected chi connectivity index (χ0v) is 11.8. The molecule has 20 heavy (non-hydrogen) atoms. The molecule has 0 aliphatic rings. The van der Waals surface area contributed by atoms with Gasteiger partial charge in [-0.05, 0) is 11.6 Å². The summed E-state index contributed by atoms with van der Waals surface area (Å²) in [4.78, 5) is 14.1. The minimum absolute atomic E-state index is 0.145. The van der Waals surface area contributed by atoms with Crippen LogP contribution in [0.2, 0.25) is 0 Å². The lowest BCUT2D eigenvalue weighted by Gasteiger charge is -2.08. The molecule has 0 N–H and O–H groups in total. The van der Waals surface area contributed by atoms with Crippen LogP contribution in [0, 0.1) is 11.3 Å². The Kier molecular flexibility index (Phi) is 4.28. The van der Waals surface area contributed by atoms with Crippen LogP contribution in [0.15, 0.2) is 41.5 Å². The molecule has 0 aliphatic heterocycles. The summed E-state index contributed by atoms with van der Waals surface area (Å²) in [7, 11) is 3.51. The summed E-state index contributed by atoms with van der Waals surface area (Å²) in [6.07, 6.45) is 1.58. The fourth-order valence-electron chi connectivity index (χ4n) is 1.47. The molecule has 6 heteroatoms. The van der Waals surface area contributed by atoms with Crippen molar-refractivity contribution in [2.45, 2.75) is 0 Å².